The van der Waals surface area contributed by atoms with Crippen molar-refractivity contribution in [2.75, 3.05) is 6.61 Å². The van der Waals surface area contributed by atoms with Gasteiger partial charge in [-0.25, -0.2) is 0 Å². The van der Waals surface area contributed by atoms with Gasteiger partial charge in [0, 0.05) is 5.02 Å². The van der Waals surface area contributed by atoms with Crippen LogP contribution in [0.15, 0.2) is 24.3 Å². The van der Waals surface area contributed by atoms with E-state index in [1.54, 1.807) is 25.1 Å². The molecular weight excluding hydrogens is 280 g/mol. The lowest BCUT2D eigenvalue weighted by molar-refractivity contribution is -0.162. The maximum absolute atomic E-state index is 12.3. The molecule has 0 amide bonds. The molecule has 0 saturated carbocycles. The first kappa shape index (κ1) is 16.5. The molecule has 1 unspecified atom stereocenters. The van der Waals surface area contributed by atoms with Crippen LogP contribution >= 0.6 is 11.6 Å². The molecular formula is C15H19ClO4. The summed E-state index contributed by atoms with van der Waals surface area (Å²) in [6.45, 7) is 5.51. The number of carboxylic acid groups (broad SMARTS) is 1. The molecule has 0 aliphatic rings. The van der Waals surface area contributed by atoms with E-state index in [0.717, 1.165) is 0 Å². The molecule has 110 valence electrons. The Hall–Kier alpha value is -1.55. The van der Waals surface area contributed by atoms with Gasteiger partial charge in [0.1, 0.15) is 0 Å². The van der Waals surface area contributed by atoms with Crippen LogP contribution in [0.25, 0.3) is 0 Å². The second-order valence-corrected chi connectivity index (χ2v) is 5.48. The zero-order chi connectivity index (χ0) is 15.3. The lowest BCUT2D eigenvalue weighted by atomic mass is 9.74. The number of hydrogen-bond donors (Lipinski definition) is 1. The normalized spacial score (nSPS) is 13.8. The van der Waals surface area contributed by atoms with Crippen LogP contribution in [0.2, 0.25) is 5.02 Å². The minimum atomic E-state index is -1.71. The Balaban J connectivity index is 3.44. The number of carbonyl (C=O) groups excluding carboxylic acids is 1. The molecule has 0 aliphatic heterocycles. The molecule has 1 atom stereocenters. The Morgan fingerprint density at radius 2 is 2.05 bits per heavy atom. The lowest BCUT2D eigenvalue weighted by Gasteiger charge is -2.29. The summed E-state index contributed by atoms with van der Waals surface area (Å²) in [6.07, 6.45) is 0.154. The van der Waals surface area contributed by atoms with Crippen molar-refractivity contribution in [2.24, 2.45) is 5.92 Å². The first-order chi connectivity index (χ1) is 9.34. The van der Waals surface area contributed by atoms with Crippen molar-refractivity contribution < 1.29 is 19.4 Å². The second-order valence-electron chi connectivity index (χ2n) is 5.04. The number of halogens is 1. The zero-order valence-electron chi connectivity index (χ0n) is 11.9. The molecule has 1 aromatic carbocycles. The second kappa shape index (κ2) is 6.75. The van der Waals surface area contributed by atoms with Crippen molar-refractivity contribution >= 4 is 23.5 Å². The third kappa shape index (κ3) is 3.31. The highest BCUT2D eigenvalue weighted by molar-refractivity contribution is 6.30. The van der Waals surface area contributed by atoms with Crippen molar-refractivity contribution in [1.29, 1.82) is 0 Å². The first-order valence-corrected chi connectivity index (χ1v) is 6.89. The van der Waals surface area contributed by atoms with E-state index >= 15 is 0 Å². The number of hydrogen-bond acceptors (Lipinski definition) is 3. The molecule has 1 aromatic rings. The van der Waals surface area contributed by atoms with Gasteiger partial charge in [0.25, 0.3) is 0 Å². The molecule has 0 bridgehead atoms. The quantitative estimate of drug-likeness (QED) is 0.646. The Morgan fingerprint density at radius 1 is 1.40 bits per heavy atom. The maximum Gasteiger partial charge on any atom is 0.328 e. The minimum absolute atomic E-state index is 0.00878. The number of carboxylic acids is 1. The predicted molar refractivity (Wildman–Crippen MR) is 76.9 cm³/mol. The molecule has 0 radical (unpaired) electrons. The Bertz CT molecular complexity index is 498. The van der Waals surface area contributed by atoms with Gasteiger partial charge in [0.2, 0.25) is 0 Å². The van der Waals surface area contributed by atoms with E-state index in [1.165, 1.54) is 6.07 Å². The maximum atomic E-state index is 12.3. The van der Waals surface area contributed by atoms with Crippen molar-refractivity contribution in [3.05, 3.63) is 34.9 Å². The van der Waals surface area contributed by atoms with Gasteiger partial charge in [-0.3, -0.25) is 9.59 Å². The number of aliphatic carboxylic acids is 1. The third-order valence-corrected chi connectivity index (χ3v) is 3.26. The van der Waals surface area contributed by atoms with Gasteiger partial charge in [0.15, 0.2) is 5.41 Å². The molecule has 5 heteroatoms. The molecule has 0 spiro atoms. The Morgan fingerprint density at radius 3 is 2.50 bits per heavy atom. The Kier molecular flexibility index (Phi) is 5.57. The smallest absolute Gasteiger partial charge is 0.328 e. The molecule has 0 aromatic heterocycles. The third-order valence-electron chi connectivity index (χ3n) is 3.02. The topological polar surface area (TPSA) is 63.6 Å². The van der Waals surface area contributed by atoms with Crippen molar-refractivity contribution in [2.45, 2.75) is 32.6 Å². The van der Waals surface area contributed by atoms with E-state index in [1.807, 2.05) is 13.8 Å². The van der Waals surface area contributed by atoms with Gasteiger partial charge in [-0.1, -0.05) is 37.6 Å². The fraction of sp³-hybridized carbons (Fsp3) is 0.467. The average molecular weight is 299 g/mol. The van der Waals surface area contributed by atoms with Gasteiger partial charge in [-0.15, -0.1) is 0 Å². The summed E-state index contributed by atoms with van der Waals surface area (Å²) in [7, 11) is 0. The highest BCUT2D eigenvalue weighted by atomic mass is 35.5. The molecule has 1 rings (SSSR count). The van der Waals surface area contributed by atoms with E-state index in [9.17, 15) is 14.7 Å². The van der Waals surface area contributed by atoms with Crippen LogP contribution in [0.4, 0.5) is 0 Å². The summed E-state index contributed by atoms with van der Waals surface area (Å²) in [5, 5.41) is 10.1. The van der Waals surface area contributed by atoms with Gasteiger partial charge in [-0.05, 0) is 37.0 Å². The van der Waals surface area contributed by atoms with Gasteiger partial charge in [0.05, 0.1) is 6.61 Å². The van der Waals surface area contributed by atoms with E-state index in [-0.39, 0.29) is 18.9 Å². The van der Waals surface area contributed by atoms with Crippen molar-refractivity contribution in [3.63, 3.8) is 0 Å². The molecule has 0 fully saturated rings. The van der Waals surface area contributed by atoms with Gasteiger partial charge < -0.3 is 9.84 Å². The number of carbonyl (C=O) groups is 2. The summed E-state index contributed by atoms with van der Waals surface area (Å²) < 4.78 is 5.00. The average Bonchev–Trinajstić information content (AvgIpc) is 2.35. The fourth-order valence-corrected chi connectivity index (χ4v) is 2.43. The van der Waals surface area contributed by atoms with E-state index < -0.39 is 17.4 Å². The predicted octanol–water partition coefficient (Wildman–Crippen LogP) is 3.27. The number of esters is 1. The van der Waals surface area contributed by atoms with Crippen LogP contribution in [0.5, 0.6) is 0 Å². The summed E-state index contributed by atoms with van der Waals surface area (Å²) >= 11 is 5.93. The van der Waals surface area contributed by atoms with Crippen molar-refractivity contribution in [1.82, 2.24) is 0 Å². The number of ether oxygens (including phenoxy) is 1. The highest BCUT2D eigenvalue weighted by Gasteiger charge is 2.49. The van der Waals surface area contributed by atoms with Crippen LogP contribution in [0.3, 0.4) is 0 Å². The summed E-state index contributed by atoms with van der Waals surface area (Å²) in [5.74, 6) is -1.95. The van der Waals surface area contributed by atoms with E-state index in [4.69, 9.17) is 16.3 Å². The zero-order valence-corrected chi connectivity index (χ0v) is 12.6. The van der Waals surface area contributed by atoms with E-state index in [0.29, 0.717) is 10.6 Å². The van der Waals surface area contributed by atoms with E-state index in [2.05, 4.69) is 0 Å². The molecule has 20 heavy (non-hydrogen) atoms. The van der Waals surface area contributed by atoms with Crippen LogP contribution < -0.4 is 0 Å². The molecule has 0 saturated heterocycles. The first-order valence-electron chi connectivity index (χ1n) is 6.51. The highest BCUT2D eigenvalue weighted by Crippen LogP contribution is 2.34. The van der Waals surface area contributed by atoms with Crippen LogP contribution in [-0.2, 0) is 19.7 Å². The van der Waals surface area contributed by atoms with Crippen LogP contribution in [0, 0.1) is 5.92 Å². The minimum Gasteiger partial charge on any atom is -0.480 e. The SMILES string of the molecule is CCOC(=O)C(CC(C)C)(C(=O)O)c1cccc(Cl)c1. The standard InChI is InChI=1S/C15H19ClO4/c1-4-20-14(19)15(13(17)18,9-10(2)3)11-6-5-7-12(16)8-11/h5-8,10H,4,9H2,1-3H3,(H,17,18). The molecule has 0 heterocycles. The molecule has 1 N–H and O–H groups in total. The summed E-state index contributed by atoms with van der Waals surface area (Å²) in [4.78, 5) is 24.1. The van der Waals surface area contributed by atoms with Gasteiger partial charge in [-0.2, -0.15) is 0 Å². The van der Waals surface area contributed by atoms with Crippen LogP contribution in [0.1, 0.15) is 32.8 Å². The monoisotopic (exact) mass is 298 g/mol. The number of benzene rings is 1. The molecule has 0 aliphatic carbocycles. The summed E-state index contributed by atoms with van der Waals surface area (Å²) in [5.41, 5.74) is -1.36. The molecule has 4 nitrogen and oxygen atoms in total. The number of rotatable bonds is 6. The van der Waals surface area contributed by atoms with Crippen molar-refractivity contribution in [3.8, 4) is 0 Å². The summed E-state index contributed by atoms with van der Waals surface area (Å²) in [6, 6.07) is 6.38. The van der Waals surface area contributed by atoms with Gasteiger partial charge >= 0.3 is 11.9 Å². The van der Waals surface area contributed by atoms with Crippen LogP contribution in [-0.4, -0.2) is 23.7 Å². The Labute approximate surface area is 123 Å². The lowest BCUT2D eigenvalue weighted by Crippen LogP contribution is -2.46. The fourth-order valence-electron chi connectivity index (χ4n) is 2.24. The largest absolute Gasteiger partial charge is 0.480 e.